The van der Waals surface area contributed by atoms with E-state index in [1.807, 2.05) is 6.92 Å². The number of nitrogens with zero attached hydrogens (tertiary/aromatic N) is 2. The van der Waals surface area contributed by atoms with Gasteiger partial charge in [-0.2, -0.15) is 0 Å². The molecule has 1 aliphatic rings. The Kier molecular flexibility index (Phi) is 6.27. The van der Waals surface area contributed by atoms with Gasteiger partial charge in [0.2, 0.25) is 0 Å². The molecule has 0 aromatic heterocycles. The Morgan fingerprint density at radius 3 is 2.32 bits per heavy atom. The molecule has 0 aromatic rings. The van der Waals surface area contributed by atoms with Crippen LogP contribution in [0.3, 0.4) is 0 Å². The second-order valence-electron chi connectivity index (χ2n) is 6.37. The third-order valence-corrected chi connectivity index (χ3v) is 3.95. The standard InChI is InChI=1S/C15H30N2O2/c1-6-19-14(18)12-15(4,11-13(2)3)17-9-7-16(5)8-10-17/h13H,6-12H2,1-5H3. The summed E-state index contributed by atoms with van der Waals surface area (Å²) in [5, 5.41) is 0. The van der Waals surface area contributed by atoms with Gasteiger partial charge in [0.05, 0.1) is 13.0 Å². The molecule has 1 aliphatic heterocycles. The average molecular weight is 270 g/mol. The van der Waals surface area contributed by atoms with E-state index in [9.17, 15) is 4.79 Å². The lowest BCUT2D eigenvalue weighted by Crippen LogP contribution is -2.56. The summed E-state index contributed by atoms with van der Waals surface area (Å²) in [7, 11) is 2.16. The van der Waals surface area contributed by atoms with Gasteiger partial charge in [-0.05, 0) is 33.2 Å². The van der Waals surface area contributed by atoms with Crippen molar-refractivity contribution >= 4 is 5.97 Å². The van der Waals surface area contributed by atoms with Gasteiger partial charge in [0, 0.05) is 31.7 Å². The Balaban J connectivity index is 2.71. The molecule has 1 rings (SSSR count). The van der Waals surface area contributed by atoms with Gasteiger partial charge >= 0.3 is 5.97 Å². The second kappa shape index (κ2) is 7.25. The summed E-state index contributed by atoms with van der Waals surface area (Å²) in [6.45, 7) is 13.2. The maximum atomic E-state index is 11.9. The lowest BCUT2D eigenvalue weighted by atomic mass is 9.85. The molecule has 0 bridgehead atoms. The zero-order chi connectivity index (χ0) is 14.5. The number of carbonyl (C=O) groups excluding carboxylic acids is 1. The lowest BCUT2D eigenvalue weighted by Gasteiger charge is -2.45. The molecule has 1 heterocycles. The van der Waals surface area contributed by atoms with Crippen LogP contribution in [0.15, 0.2) is 0 Å². The molecule has 4 nitrogen and oxygen atoms in total. The van der Waals surface area contributed by atoms with Crippen LogP contribution in [0.25, 0.3) is 0 Å². The second-order valence-corrected chi connectivity index (χ2v) is 6.37. The monoisotopic (exact) mass is 270 g/mol. The van der Waals surface area contributed by atoms with Gasteiger partial charge in [-0.25, -0.2) is 0 Å². The molecule has 1 fully saturated rings. The molecule has 112 valence electrons. The number of piperazine rings is 1. The van der Waals surface area contributed by atoms with E-state index < -0.39 is 0 Å². The number of carbonyl (C=O) groups is 1. The molecular weight excluding hydrogens is 240 g/mol. The van der Waals surface area contributed by atoms with Crippen LogP contribution in [0, 0.1) is 5.92 Å². The minimum atomic E-state index is -0.0678. The van der Waals surface area contributed by atoms with Crippen LogP contribution in [0.2, 0.25) is 0 Å². The van der Waals surface area contributed by atoms with E-state index in [0.29, 0.717) is 18.9 Å². The quantitative estimate of drug-likeness (QED) is 0.691. The van der Waals surface area contributed by atoms with E-state index in [-0.39, 0.29) is 11.5 Å². The van der Waals surface area contributed by atoms with E-state index in [4.69, 9.17) is 4.74 Å². The minimum absolute atomic E-state index is 0.0652. The zero-order valence-corrected chi connectivity index (χ0v) is 13.2. The third kappa shape index (κ3) is 5.11. The van der Waals surface area contributed by atoms with Crippen LogP contribution < -0.4 is 0 Å². The Hall–Kier alpha value is -0.610. The number of likely N-dealkylation sites (N-methyl/N-ethyl adjacent to an activating group) is 1. The van der Waals surface area contributed by atoms with Gasteiger partial charge in [-0.15, -0.1) is 0 Å². The summed E-state index contributed by atoms with van der Waals surface area (Å²) >= 11 is 0. The molecule has 1 unspecified atom stereocenters. The van der Waals surface area contributed by atoms with Crippen LogP contribution in [-0.4, -0.2) is 61.1 Å². The van der Waals surface area contributed by atoms with Crippen LogP contribution >= 0.6 is 0 Å². The van der Waals surface area contributed by atoms with E-state index in [1.54, 1.807) is 0 Å². The molecule has 0 aromatic carbocycles. The molecule has 0 N–H and O–H groups in total. The van der Waals surface area contributed by atoms with Crippen molar-refractivity contribution in [1.29, 1.82) is 0 Å². The van der Waals surface area contributed by atoms with Crippen molar-refractivity contribution in [2.75, 3.05) is 39.8 Å². The summed E-state index contributed by atoms with van der Waals surface area (Å²) < 4.78 is 5.16. The fourth-order valence-electron chi connectivity index (χ4n) is 3.06. The molecule has 0 saturated carbocycles. The van der Waals surface area contributed by atoms with E-state index >= 15 is 0 Å². The van der Waals surface area contributed by atoms with Gasteiger partial charge in [0.1, 0.15) is 0 Å². The predicted octanol–water partition coefficient (Wildman–Crippen LogP) is 1.99. The maximum Gasteiger partial charge on any atom is 0.307 e. The highest BCUT2D eigenvalue weighted by Gasteiger charge is 2.36. The number of hydrogen-bond acceptors (Lipinski definition) is 4. The van der Waals surface area contributed by atoms with Crippen molar-refractivity contribution in [2.24, 2.45) is 5.92 Å². The topological polar surface area (TPSA) is 32.8 Å². The van der Waals surface area contributed by atoms with Crippen molar-refractivity contribution in [3.8, 4) is 0 Å². The summed E-state index contributed by atoms with van der Waals surface area (Å²) in [5.74, 6) is 0.517. The van der Waals surface area contributed by atoms with Crippen LogP contribution in [0.4, 0.5) is 0 Å². The highest BCUT2D eigenvalue weighted by molar-refractivity contribution is 5.70. The Bertz CT molecular complexity index is 286. The first-order chi connectivity index (χ1) is 8.87. The summed E-state index contributed by atoms with van der Waals surface area (Å²) in [4.78, 5) is 16.7. The van der Waals surface area contributed by atoms with E-state index in [1.165, 1.54) is 0 Å². The third-order valence-electron chi connectivity index (χ3n) is 3.95. The summed E-state index contributed by atoms with van der Waals surface area (Å²) in [6.07, 6.45) is 1.54. The Labute approximate surface area is 118 Å². The van der Waals surface area contributed by atoms with Gasteiger partial charge in [0.25, 0.3) is 0 Å². The molecule has 1 atom stereocenters. The van der Waals surface area contributed by atoms with Crippen molar-refractivity contribution in [2.45, 2.75) is 46.1 Å². The minimum Gasteiger partial charge on any atom is -0.466 e. The number of ether oxygens (including phenoxy) is 1. The number of hydrogen-bond donors (Lipinski definition) is 0. The SMILES string of the molecule is CCOC(=O)CC(C)(CC(C)C)N1CCN(C)CC1. The van der Waals surface area contributed by atoms with Gasteiger partial charge in [-0.1, -0.05) is 13.8 Å². The predicted molar refractivity (Wildman–Crippen MR) is 78.2 cm³/mol. The molecule has 19 heavy (non-hydrogen) atoms. The van der Waals surface area contributed by atoms with Crippen molar-refractivity contribution in [3.05, 3.63) is 0 Å². The first-order valence-electron chi connectivity index (χ1n) is 7.46. The summed E-state index contributed by atoms with van der Waals surface area (Å²) in [6, 6.07) is 0. The molecular formula is C15H30N2O2. The fourth-order valence-corrected chi connectivity index (χ4v) is 3.06. The van der Waals surface area contributed by atoms with Gasteiger partial charge in [-0.3, -0.25) is 9.69 Å². The van der Waals surface area contributed by atoms with E-state index in [0.717, 1.165) is 32.6 Å². The molecule has 4 heteroatoms. The van der Waals surface area contributed by atoms with Crippen LogP contribution in [0.1, 0.15) is 40.5 Å². The van der Waals surface area contributed by atoms with E-state index in [2.05, 4.69) is 37.6 Å². The van der Waals surface area contributed by atoms with Crippen molar-refractivity contribution < 1.29 is 9.53 Å². The highest BCUT2D eigenvalue weighted by atomic mass is 16.5. The number of rotatable bonds is 6. The molecule has 0 aliphatic carbocycles. The van der Waals surface area contributed by atoms with Crippen LogP contribution in [0.5, 0.6) is 0 Å². The first kappa shape index (κ1) is 16.4. The largest absolute Gasteiger partial charge is 0.466 e. The van der Waals surface area contributed by atoms with Crippen molar-refractivity contribution in [3.63, 3.8) is 0 Å². The molecule has 1 saturated heterocycles. The van der Waals surface area contributed by atoms with Gasteiger partial charge < -0.3 is 9.64 Å². The molecule has 0 amide bonds. The normalized spacial score (nSPS) is 21.4. The highest BCUT2D eigenvalue weighted by Crippen LogP contribution is 2.29. The zero-order valence-electron chi connectivity index (χ0n) is 13.2. The fraction of sp³-hybridized carbons (Fsp3) is 0.933. The number of esters is 1. The maximum absolute atomic E-state index is 11.9. The molecule has 0 spiro atoms. The van der Waals surface area contributed by atoms with Crippen LogP contribution in [-0.2, 0) is 9.53 Å². The average Bonchev–Trinajstić information content (AvgIpc) is 2.28. The molecule has 0 radical (unpaired) electrons. The van der Waals surface area contributed by atoms with Gasteiger partial charge in [0.15, 0.2) is 0 Å². The lowest BCUT2D eigenvalue weighted by molar-refractivity contribution is -0.147. The first-order valence-corrected chi connectivity index (χ1v) is 7.46. The smallest absolute Gasteiger partial charge is 0.307 e. The Morgan fingerprint density at radius 1 is 1.26 bits per heavy atom. The van der Waals surface area contributed by atoms with Crippen molar-refractivity contribution in [1.82, 2.24) is 9.80 Å². The Morgan fingerprint density at radius 2 is 1.84 bits per heavy atom. The summed E-state index contributed by atoms with van der Waals surface area (Å²) in [5.41, 5.74) is -0.0678.